The normalized spacial score (nSPS) is 14.3. The van der Waals surface area contributed by atoms with E-state index in [4.69, 9.17) is 9.63 Å². The molecule has 0 saturated carbocycles. The van der Waals surface area contributed by atoms with Gasteiger partial charge in [0.1, 0.15) is 5.76 Å². The van der Waals surface area contributed by atoms with Crippen molar-refractivity contribution in [3.05, 3.63) is 17.0 Å². The standard InChI is InChI=1S/C13H22N2O3/c1-8(6-5-7-16)14-13(17)9(2)12-10(3)15-18-11(12)4/h8-9,16H,5-7H2,1-4H3,(H,14,17). The van der Waals surface area contributed by atoms with Gasteiger partial charge in [-0.25, -0.2) is 0 Å². The first-order chi connectivity index (χ1) is 8.47. The molecule has 102 valence electrons. The Labute approximate surface area is 108 Å². The summed E-state index contributed by atoms with van der Waals surface area (Å²) in [5.74, 6) is 0.390. The monoisotopic (exact) mass is 254 g/mol. The zero-order valence-corrected chi connectivity index (χ0v) is 11.5. The Morgan fingerprint density at radius 1 is 1.44 bits per heavy atom. The molecule has 0 aliphatic rings. The topological polar surface area (TPSA) is 75.4 Å². The molecule has 0 fully saturated rings. The molecule has 1 heterocycles. The highest BCUT2D eigenvalue weighted by Crippen LogP contribution is 2.23. The highest BCUT2D eigenvalue weighted by atomic mass is 16.5. The van der Waals surface area contributed by atoms with Gasteiger partial charge in [-0.3, -0.25) is 4.79 Å². The van der Waals surface area contributed by atoms with Gasteiger partial charge in [0.25, 0.3) is 0 Å². The van der Waals surface area contributed by atoms with Crippen molar-refractivity contribution in [1.82, 2.24) is 10.5 Å². The number of aromatic nitrogens is 1. The Bertz CT molecular complexity index is 381. The van der Waals surface area contributed by atoms with Crippen LogP contribution in [0.25, 0.3) is 0 Å². The number of nitrogens with one attached hydrogen (secondary N) is 1. The van der Waals surface area contributed by atoms with Gasteiger partial charge in [-0.05, 0) is 40.5 Å². The largest absolute Gasteiger partial charge is 0.396 e. The van der Waals surface area contributed by atoms with Crippen molar-refractivity contribution >= 4 is 5.91 Å². The third-order valence-corrected chi connectivity index (χ3v) is 3.10. The van der Waals surface area contributed by atoms with Crippen LogP contribution in [0.15, 0.2) is 4.52 Å². The first-order valence-electron chi connectivity index (χ1n) is 6.31. The molecule has 1 rings (SSSR count). The van der Waals surface area contributed by atoms with Gasteiger partial charge >= 0.3 is 0 Å². The molecule has 2 atom stereocenters. The fourth-order valence-corrected chi connectivity index (χ4v) is 2.08. The van der Waals surface area contributed by atoms with Gasteiger partial charge < -0.3 is 14.9 Å². The summed E-state index contributed by atoms with van der Waals surface area (Å²) in [7, 11) is 0. The van der Waals surface area contributed by atoms with Gasteiger partial charge in [0.15, 0.2) is 0 Å². The lowest BCUT2D eigenvalue weighted by Crippen LogP contribution is -2.35. The second-order valence-corrected chi connectivity index (χ2v) is 4.74. The fraction of sp³-hybridized carbons (Fsp3) is 0.692. The first-order valence-corrected chi connectivity index (χ1v) is 6.31. The summed E-state index contributed by atoms with van der Waals surface area (Å²) >= 11 is 0. The lowest BCUT2D eigenvalue weighted by molar-refractivity contribution is -0.122. The molecule has 0 radical (unpaired) electrons. The third-order valence-electron chi connectivity index (χ3n) is 3.10. The van der Waals surface area contributed by atoms with E-state index in [1.54, 1.807) is 0 Å². The molecule has 1 amide bonds. The molecule has 0 aromatic carbocycles. The second-order valence-electron chi connectivity index (χ2n) is 4.74. The van der Waals surface area contributed by atoms with E-state index in [0.29, 0.717) is 12.2 Å². The zero-order chi connectivity index (χ0) is 13.7. The van der Waals surface area contributed by atoms with Crippen LogP contribution in [0.1, 0.15) is 49.6 Å². The number of aliphatic hydroxyl groups excluding tert-OH is 1. The summed E-state index contributed by atoms with van der Waals surface area (Å²) in [6.45, 7) is 7.59. The Hall–Kier alpha value is -1.36. The molecule has 0 aliphatic carbocycles. The zero-order valence-electron chi connectivity index (χ0n) is 11.5. The van der Waals surface area contributed by atoms with Crippen molar-refractivity contribution < 1.29 is 14.4 Å². The molecule has 5 heteroatoms. The number of aryl methyl sites for hydroxylation is 2. The lowest BCUT2D eigenvalue weighted by atomic mass is 9.98. The number of carbonyl (C=O) groups is 1. The SMILES string of the molecule is Cc1noc(C)c1C(C)C(=O)NC(C)CCCO. The van der Waals surface area contributed by atoms with Crippen molar-refractivity contribution in [1.29, 1.82) is 0 Å². The maximum atomic E-state index is 12.1. The predicted molar refractivity (Wildman–Crippen MR) is 68.3 cm³/mol. The molecule has 0 spiro atoms. The summed E-state index contributed by atoms with van der Waals surface area (Å²) in [6.07, 6.45) is 1.47. The minimum Gasteiger partial charge on any atom is -0.396 e. The van der Waals surface area contributed by atoms with Crippen LogP contribution in [-0.4, -0.2) is 28.8 Å². The Balaban J connectivity index is 2.62. The second kappa shape index (κ2) is 6.54. The number of hydrogen-bond acceptors (Lipinski definition) is 4. The van der Waals surface area contributed by atoms with E-state index >= 15 is 0 Å². The number of amides is 1. The van der Waals surface area contributed by atoms with E-state index in [0.717, 1.165) is 17.7 Å². The predicted octanol–water partition coefficient (Wildman–Crippen LogP) is 1.67. The van der Waals surface area contributed by atoms with Gasteiger partial charge in [0.2, 0.25) is 5.91 Å². The molecule has 0 bridgehead atoms. The number of nitrogens with zero attached hydrogens (tertiary/aromatic N) is 1. The summed E-state index contributed by atoms with van der Waals surface area (Å²) in [5, 5.41) is 15.5. The summed E-state index contributed by atoms with van der Waals surface area (Å²) in [5.41, 5.74) is 1.63. The molecule has 2 N–H and O–H groups in total. The van der Waals surface area contributed by atoms with Gasteiger partial charge in [0.05, 0.1) is 11.6 Å². The van der Waals surface area contributed by atoms with Crippen molar-refractivity contribution in [2.45, 2.75) is 52.5 Å². The molecule has 0 saturated heterocycles. The van der Waals surface area contributed by atoms with Crippen molar-refractivity contribution in [3.63, 3.8) is 0 Å². The molecular weight excluding hydrogens is 232 g/mol. The van der Waals surface area contributed by atoms with Crippen LogP contribution in [0.4, 0.5) is 0 Å². The molecular formula is C13H22N2O3. The van der Waals surface area contributed by atoms with Gasteiger partial charge in [-0.2, -0.15) is 0 Å². The van der Waals surface area contributed by atoms with E-state index in [1.807, 2.05) is 27.7 Å². The molecule has 5 nitrogen and oxygen atoms in total. The third kappa shape index (κ3) is 3.57. The minimum absolute atomic E-state index is 0.0326. The Morgan fingerprint density at radius 2 is 2.11 bits per heavy atom. The molecule has 0 aliphatic heterocycles. The number of carbonyl (C=O) groups excluding carboxylic acids is 1. The molecule has 18 heavy (non-hydrogen) atoms. The van der Waals surface area contributed by atoms with Crippen molar-refractivity contribution in [2.24, 2.45) is 0 Å². The van der Waals surface area contributed by atoms with Gasteiger partial charge in [-0.1, -0.05) is 5.16 Å². The van der Waals surface area contributed by atoms with Crippen LogP contribution < -0.4 is 5.32 Å². The van der Waals surface area contributed by atoms with E-state index in [1.165, 1.54) is 0 Å². The lowest BCUT2D eigenvalue weighted by Gasteiger charge is -2.17. The minimum atomic E-state index is -0.271. The Morgan fingerprint density at radius 3 is 2.61 bits per heavy atom. The van der Waals surface area contributed by atoms with Crippen LogP contribution >= 0.6 is 0 Å². The molecule has 1 aromatic rings. The maximum Gasteiger partial charge on any atom is 0.227 e. The smallest absolute Gasteiger partial charge is 0.227 e. The Kier molecular flexibility index (Phi) is 5.34. The van der Waals surface area contributed by atoms with Crippen molar-refractivity contribution in [3.8, 4) is 0 Å². The highest BCUT2D eigenvalue weighted by Gasteiger charge is 2.23. The highest BCUT2D eigenvalue weighted by molar-refractivity contribution is 5.83. The van der Waals surface area contributed by atoms with Crippen molar-refractivity contribution in [2.75, 3.05) is 6.61 Å². The number of aliphatic hydroxyl groups is 1. The van der Waals surface area contributed by atoms with Gasteiger partial charge in [0, 0.05) is 18.2 Å². The summed E-state index contributed by atoms with van der Waals surface area (Å²) in [6, 6.07) is 0.0626. The maximum absolute atomic E-state index is 12.1. The first kappa shape index (κ1) is 14.7. The van der Waals surface area contributed by atoms with Crippen LogP contribution in [0.2, 0.25) is 0 Å². The number of rotatable bonds is 6. The molecule has 1 aromatic heterocycles. The van der Waals surface area contributed by atoms with E-state index in [2.05, 4.69) is 10.5 Å². The van der Waals surface area contributed by atoms with E-state index in [-0.39, 0.29) is 24.5 Å². The van der Waals surface area contributed by atoms with Crippen LogP contribution in [0, 0.1) is 13.8 Å². The summed E-state index contributed by atoms with van der Waals surface area (Å²) in [4.78, 5) is 12.1. The molecule has 2 unspecified atom stereocenters. The van der Waals surface area contributed by atoms with Gasteiger partial charge in [-0.15, -0.1) is 0 Å². The van der Waals surface area contributed by atoms with Crippen LogP contribution in [0.3, 0.4) is 0 Å². The van der Waals surface area contributed by atoms with E-state index < -0.39 is 0 Å². The van der Waals surface area contributed by atoms with E-state index in [9.17, 15) is 4.79 Å². The summed E-state index contributed by atoms with van der Waals surface area (Å²) < 4.78 is 5.07. The fourth-order valence-electron chi connectivity index (χ4n) is 2.08. The quantitative estimate of drug-likeness (QED) is 0.809. The number of hydrogen-bond donors (Lipinski definition) is 2. The average Bonchev–Trinajstić information content (AvgIpc) is 2.65. The van der Waals surface area contributed by atoms with Crippen LogP contribution in [-0.2, 0) is 4.79 Å². The van der Waals surface area contributed by atoms with Crippen LogP contribution in [0.5, 0.6) is 0 Å². The average molecular weight is 254 g/mol.